The third-order valence-electron chi connectivity index (χ3n) is 3.54. The molecule has 0 saturated carbocycles. The molecule has 0 radical (unpaired) electrons. The molecular weight excluding hydrogens is 304 g/mol. The van der Waals surface area contributed by atoms with E-state index in [1.807, 2.05) is 31.2 Å². The average molecular weight is 320 g/mol. The van der Waals surface area contributed by atoms with E-state index in [1.54, 1.807) is 0 Å². The van der Waals surface area contributed by atoms with Crippen molar-refractivity contribution in [3.8, 4) is 5.75 Å². The number of amides is 1. The summed E-state index contributed by atoms with van der Waals surface area (Å²) in [5.41, 5.74) is 2.03. The number of hydrogen-bond acceptors (Lipinski definition) is 4. The molecule has 2 aromatic rings. The molecule has 1 aromatic carbocycles. The minimum absolute atomic E-state index is 0.0186. The molecule has 4 nitrogen and oxygen atoms in total. The molecule has 2 heterocycles. The Labute approximate surface area is 132 Å². The molecule has 1 aromatic heterocycles. The molecule has 0 saturated heterocycles. The Kier molecular flexibility index (Phi) is 4.07. The van der Waals surface area contributed by atoms with Crippen molar-refractivity contribution in [2.75, 3.05) is 6.61 Å². The number of rotatable bonds is 3. The Balaban J connectivity index is 1.71. The monoisotopic (exact) mass is 320 g/mol. The number of ether oxygens (including phenoxy) is 1. The van der Waals surface area contributed by atoms with E-state index in [0.29, 0.717) is 17.0 Å². The number of aromatic amines is 1. The van der Waals surface area contributed by atoms with E-state index in [2.05, 4.69) is 10.3 Å². The van der Waals surface area contributed by atoms with Gasteiger partial charge in [0.25, 0.3) is 0 Å². The van der Waals surface area contributed by atoms with Crippen LogP contribution in [0.5, 0.6) is 5.75 Å². The van der Waals surface area contributed by atoms with E-state index in [4.69, 9.17) is 17.0 Å². The van der Waals surface area contributed by atoms with Crippen molar-refractivity contribution in [2.24, 2.45) is 0 Å². The summed E-state index contributed by atoms with van der Waals surface area (Å²) in [7, 11) is 0. The topological polar surface area (TPSA) is 54.1 Å². The third kappa shape index (κ3) is 3.16. The fourth-order valence-corrected chi connectivity index (χ4v) is 3.78. The largest absolute Gasteiger partial charge is 0.493 e. The van der Waals surface area contributed by atoms with Gasteiger partial charge in [0.2, 0.25) is 5.91 Å². The van der Waals surface area contributed by atoms with Gasteiger partial charge < -0.3 is 15.0 Å². The molecule has 1 amide bonds. The van der Waals surface area contributed by atoms with Crippen molar-refractivity contribution in [3.63, 3.8) is 0 Å². The number of fused-ring (bicyclic) bond motifs is 1. The van der Waals surface area contributed by atoms with Gasteiger partial charge in [0.1, 0.15) is 5.75 Å². The second-order valence-corrected chi connectivity index (χ2v) is 6.81. The van der Waals surface area contributed by atoms with Gasteiger partial charge in [0, 0.05) is 22.6 Å². The summed E-state index contributed by atoms with van der Waals surface area (Å²) < 4.78 is 6.32. The van der Waals surface area contributed by atoms with E-state index in [1.165, 1.54) is 11.3 Å². The summed E-state index contributed by atoms with van der Waals surface area (Å²) in [6, 6.07) is 7.88. The zero-order chi connectivity index (χ0) is 14.8. The van der Waals surface area contributed by atoms with Crippen molar-refractivity contribution in [1.29, 1.82) is 0 Å². The van der Waals surface area contributed by atoms with Gasteiger partial charge in [-0.25, -0.2) is 0 Å². The molecular formula is C15H16N2O2S2. The van der Waals surface area contributed by atoms with Crippen LogP contribution in [-0.2, 0) is 11.2 Å². The van der Waals surface area contributed by atoms with Crippen molar-refractivity contribution < 1.29 is 9.53 Å². The fraction of sp³-hybridized carbons (Fsp3) is 0.333. The van der Waals surface area contributed by atoms with E-state index < -0.39 is 0 Å². The molecule has 0 fully saturated rings. The van der Waals surface area contributed by atoms with Crippen molar-refractivity contribution in [1.82, 2.24) is 10.3 Å². The van der Waals surface area contributed by atoms with Gasteiger partial charge in [-0.3, -0.25) is 4.79 Å². The van der Waals surface area contributed by atoms with Crippen LogP contribution in [0.4, 0.5) is 0 Å². The summed E-state index contributed by atoms with van der Waals surface area (Å²) in [6.45, 7) is 2.57. The highest BCUT2D eigenvalue weighted by Crippen LogP contribution is 2.31. The Hall–Kier alpha value is -1.66. The van der Waals surface area contributed by atoms with Crippen LogP contribution in [0.15, 0.2) is 24.3 Å². The number of aromatic nitrogens is 1. The molecule has 1 atom stereocenters. The molecule has 1 aliphatic heterocycles. The molecule has 3 rings (SSSR count). The van der Waals surface area contributed by atoms with Crippen molar-refractivity contribution >= 4 is 29.5 Å². The Morgan fingerprint density at radius 1 is 1.52 bits per heavy atom. The van der Waals surface area contributed by atoms with Crippen LogP contribution in [0, 0.1) is 10.9 Å². The lowest BCUT2D eigenvalue weighted by Crippen LogP contribution is -2.33. The minimum atomic E-state index is 0.0186. The van der Waals surface area contributed by atoms with Crippen LogP contribution in [0.25, 0.3) is 0 Å². The van der Waals surface area contributed by atoms with Gasteiger partial charge >= 0.3 is 0 Å². The van der Waals surface area contributed by atoms with Gasteiger partial charge in [-0.2, -0.15) is 0 Å². The normalized spacial score (nSPS) is 16.9. The fourth-order valence-electron chi connectivity index (χ4n) is 2.49. The first kappa shape index (κ1) is 14.3. The molecule has 1 unspecified atom stereocenters. The highest BCUT2D eigenvalue weighted by atomic mass is 32.1. The van der Waals surface area contributed by atoms with E-state index in [-0.39, 0.29) is 11.9 Å². The highest BCUT2D eigenvalue weighted by molar-refractivity contribution is 7.73. The first-order valence-corrected chi connectivity index (χ1v) is 8.05. The highest BCUT2D eigenvalue weighted by Gasteiger charge is 2.22. The number of nitrogens with one attached hydrogen (secondary N) is 2. The maximum absolute atomic E-state index is 12.3. The SMILES string of the molecule is Cc1[nH]c(=S)sc1CC(=O)NC1CCOc2ccccc21. The Bertz CT molecular complexity index is 720. The van der Waals surface area contributed by atoms with Crippen molar-refractivity contribution in [3.05, 3.63) is 44.4 Å². The van der Waals surface area contributed by atoms with Gasteiger partial charge in [-0.05, 0) is 25.2 Å². The molecule has 0 aliphatic carbocycles. The lowest BCUT2D eigenvalue weighted by atomic mass is 10.0. The maximum Gasteiger partial charge on any atom is 0.225 e. The Morgan fingerprint density at radius 2 is 2.33 bits per heavy atom. The number of hydrogen-bond donors (Lipinski definition) is 2. The zero-order valence-electron chi connectivity index (χ0n) is 11.6. The zero-order valence-corrected chi connectivity index (χ0v) is 13.3. The van der Waals surface area contributed by atoms with Crippen LogP contribution in [0.3, 0.4) is 0 Å². The van der Waals surface area contributed by atoms with Crippen LogP contribution in [0.1, 0.15) is 28.6 Å². The number of carbonyl (C=O) groups is 1. The van der Waals surface area contributed by atoms with Gasteiger partial charge in [0.05, 0.1) is 19.1 Å². The quantitative estimate of drug-likeness (QED) is 0.853. The number of H-pyrrole nitrogens is 1. The van der Waals surface area contributed by atoms with E-state index in [9.17, 15) is 4.79 Å². The number of para-hydroxylation sites is 1. The number of carbonyl (C=O) groups excluding carboxylic acids is 1. The van der Waals surface area contributed by atoms with Crippen LogP contribution >= 0.6 is 23.6 Å². The van der Waals surface area contributed by atoms with Crippen LogP contribution in [-0.4, -0.2) is 17.5 Å². The summed E-state index contributed by atoms with van der Waals surface area (Å²) >= 11 is 6.57. The molecule has 21 heavy (non-hydrogen) atoms. The minimum Gasteiger partial charge on any atom is -0.493 e. The summed E-state index contributed by atoms with van der Waals surface area (Å²) in [5.74, 6) is 0.882. The van der Waals surface area contributed by atoms with Crippen molar-refractivity contribution in [2.45, 2.75) is 25.8 Å². The van der Waals surface area contributed by atoms with Gasteiger partial charge in [0.15, 0.2) is 3.95 Å². The first-order valence-electron chi connectivity index (χ1n) is 6.83. The second-order valence-electron chi connectivity index (χ2n) is 5.03. The predicted octanol–water partition coefficient (Wildman–Crippen LogP) is 3.30. The smallest absolute Gasteiger partial charge is 0.225 e. The molecule has 0 bridgehead atoms. The lowest BCUT2D eigenvalue weighted by molar-refractivity contribution is -0.121. The van der Waals surface area contributed by atoms with Crippen LogP contribution in [0.2, 0.25) is 0 Å². The standard InChI is InChI=1S/C15H16N2O2S2/c1-9-13(21-15(20)16-9)8-14(18)17-11-6-7-19-12-5-3-2-4-10(11)12/h2-5,11H,6-8H2,1H3,(H,16,20)(H,17,18). The third-order valence-corrected chi connectivity index (χ3v) is 4.88. The van der Waals surface area contributed by atoms with E-state index >= 15 is 0 Å². The number of aryl methyl sites for hydroxylation is 1. The Morgan fingerprint density at radius 3 is 3.10 bits per heavy atom. The summed E-state index contributed by atoms with van der Waals surface area (Å²) in [6.07, 6.45) is 1.16. The number of benzene rings is 1. The predicted molar refractivity (Wildman–Crippen MR) is 85.4 cm³/mol. The van der Waals surface area contributed by atoms with Gasteiger partial charge in [-0.1, -0.05) is 18.2 Å². The molecule has 6 heteroatoms. The first-order chi connectivity index (χ1) is 10.1. The van der Waals surface area contributed by atoms with Crippen LogP contribution < -0.4 is 10.1 Å². The van der Waals surface area contributed by atoms with E-state index in [0.717, 1.165) is 28.3 Å². The summed E-state index contributed by atoms with van der Waals surface area (Å²) in [5, 5.41) is 3.10. The molecule has 0 spiro atoms. The molecule has 2 N–H and O–H groups in total. The van der Waals surface area contributed by atoms with Gasteiger partial charge in [-0.15, -0.1) is 11.3 Å². The average Bonchev–Trinajstić information content (AvgIpc) is 2.77. The lowest BCUT2D eigenvalue weighted by Gasteiger charge is -2.26. The summed E-state index contributed by atoms with van der Waals surface area (Å²) in [4.78, 5) is 16.3. The maximum atomic E-state index is 12.3. The number of thiazole rings is 1. The molecule has 1 aliphatic rings. The molecule has 110 valence electrons. The second kappa shape index (κ2) is 5.99.